The van der Waals surface area contributed by atoms with Gasteiger partial charge in [0.05, 0.1) is 17.5 Å². The van der Waals surface area contributed by atoms with Crippen LogP contribution in [0.3, 0.4) is 0 Å². The molecule has 1 aliphatic carbocycles. The Balaban J connectivity index is 1.59. The van der Waals surface area contributed by atoms with Crippen LogP contribution in [0.2, 0.25) is 0 Å². The normalized spacial score (nSPS) is 21.7. The third-order valence-electron chi connectivity index (χ3n) is 4.06. The van der Waals surface area contributed by atoms with E-state index in [-0.39, 0.29) is 6.10 Å². The molecular formula is C17H24N4O2S. The molecule has 6 nitrogen and oxygen atoms in total. The molecule has 7 heteroatoms. The zero-order valence-electron chi connectivity index (χ0n) is 13.9. The lowest BCUT2D eigenvalue weighted by Gasteiger charge is -2.27. The number of guanidine groups is 1. The van der Waals surface area contributed by atoms with Gasteiger partial charge in [-0.15, -0.1) is 11.3 Å². The van der Waals surface area contributed by atoms with Crippen molar-refractivity contribution in [2.24, 2.45) is 4.99 Å². The van der Waals surface area contributed by atoms with E-state index in [1.165, 1.54) is 0 Å². The van der Waals surface area contributed by atoms with Gasteiger partial charge in [0.15, 0.2) is 5.96 Å². The summed E-state index contributed by atoms with van der Waals surface area (Å²) in [5.41, 5.74) is 0.815. The van der Waals surface area contributed by atoms with Crippen molar-refractivity contribution in [2.45, 2.75) is 51.3 Å². The first kappa shape index (κ1) is 17.0. The van der Waals surface area contributed by atoms with Gasteiger partial charge in [-0.25, -0.2) is 9.98 Å². The van der Waals surface area contributed by atoms with Gasteiger partial charge in [0.2, 0.25) is 5.89 Å². The molecule has 0 unspecified atom stereocenters. The average molecular weight is 348 g/mol. The second kappa shape index (κ2) is 8.30. The topological polar surface area (TPSA) is 82.7 Å². The highest BCUT2D eigenvalue weighted by atomic mass is 32.1. The van der Waals surface area contributed by atoms with Crippen LogP contribution in [0.4, 0.5) is 0 Å². The monoisotopic (exact) mass is 348 g/mol. The number of aromatic nitrogens is 1. The molecule has 2 aromatic heterocycles. The lowest BCUT2D eigenvalue weighted by molar-refractivity contribution is 0.120. The van der Waals surface area contributed by atoms with E-state index in [9.17, 15) is 5.11 Å². The van der Waals surface area contributed by atoms with Gasteiger partial charge in [0.25, 0.3) is 0 Å². The maximum atomic E-state index is 9.61. The van der Waals surface area contributed by atoms with Crippen molar-refractivity contribution < 1.29 is 9.52 Å². The molecule has 1 saturated carbocycles. The Hall–Kier alpha value is -1.86. The first-order valence-electron chi connectivity index (χ1n) is 8.45. The van der Waals surface area contributed by atoms with Crippen LogP contribution < -0.4 is 10.6 Å². The molecule has 0 spiro atoms. The van der Waals surface area contributed by atoms with Crippen molar-refractivity contribution in [1.29, 1.82) is 0 Å². The van der Waals surface area contributed by atoms with Crippen molar-refractivity contribution >= 4 is 17.3 Å². The third kappa shape index (κ3) is 4.58. The van der Waals surface area contributed by atoms with Crippen LogP contribution >= 0.6 is 11.3 Å². The van der Waals surface area contributed by atoms with Crippen LogP contribution in [-0.4, -0.2) is 34.7 Å². The first-order valence-corrected chi connectivity index (χ1v) is 9.33. The Morgan fingerprint density at radius 1 is 1.42 bits per heavy atom. The van der Waals surface area contributed by atoms with Crippen LogP contribution in [-0.2, 0) is 6.54 Å². The van der Waals surface area contributed by atoms with E-state index < -0.39 is 0 Å². The summed E-state index contributed by atoms with van der Waals surface area (Å²) in [6.07, 6.45) is 5.16. The summed E-state index contributed by atoms with van der Waals surface area (Å²) in [7, 11) is 0. The summed E-state index contributed by atoms with van der Waals surface area (Å²) < 4.78 is 5.52. The fourth-order valence-corrected chi connectivity index (χ4v) is 3.44. The van der Waals surface area contributed by atoms with Gasteiger partial charge >= 0.3 is 0 Å². The largest absolute Gasteiger partial charge is 0.443 e. The Morgan fingerprint density at radius 3 is 2.96 bits per heavy atom. The minimum atomic E-state index is -0.145. The third-order valence-corrected chi connectivity index (χ3v) is 4.92. The molecule has 1 aliphatic rings. The van der Waals surface area contributed by atoms with E-state index in [0.717, 1.165) is 48.8 Å². The number of nitrogens with zero attached hydrogens (tertiary/aromatic N) is 2. The van der Waals surface area contributed by atoms with Gasteiger partial charge in [-0.1, -0.05) is 6.07 Å². The molecule has 2 aromatic rings. The lowest BCUT2D eigenvalue weighted by atomic mass is 9.93. The summed E-state index contributed by atoms with van der Waals surface area (Å²) in [4.78, 5) is 10.1. The van der Waals surface area contributed by atoms with E-state index in [0.29, 0.717) is 18.5 Å². The number of hydrogen-bond acceptors (Lipinski definition) is 5. The lowest BCUT2D eigenvalue weighted by Crippen LogP contribution is -2.45. The van der Waals surface area contributed by atoms with Gasteiger partial charge in [-0.05, 0) is 44.1 Å². The van der Waals surface area contributed by atoms with Crippen molar-refractivity contribution in [1.82, 2.24) is 15.6 Å². The minimum absolute atomic E-state index is 0.145. The van der Waals surface area contributed by atoms with Crippen molar-refractivity contribution in [2.75, 3.05) is 6.54 Å². The van der Waals surface area contributed by atoms with Crippen LogP contribution in [0.15, 0.2) is 33.2 Å². The molecule has 0 radical (unpaired) electrons. The SMILES string of the molecule is CCNC(=NCc1coc(-c2cccs2)n1)NC1CCC(O)CC1. The van der Waals surface area contributed by atoms with E-state index >= 15 is 0 Å². The van der Waals surface area contributed by atoms with E-state index in [2.05, 4.69) is 20.6 Å². The summed E-state index contributed by atoms with van der Waals surface area (Å²) in [5.74, 6) is 1.44. The van der Waals surface area contributed by atoms with Crippen molar-refractivity contribution in [3.05, 3.63) is 29.5 Å². The molecule has 0 saturated heterocycles. The number of hydrogen-bond donors (Lipinski definition) is 3. The second-order valence-corrected chi connectivity index (χ2v) is 6.91. The van der Waals surface area contributed by atoms with Gasteiger partial charge < -0.3 is 20.2 Å². The molecular weight excluding hydrogens is 324 g/mol. The van der Waals surface area contributed by atoms with Crippen molar-refractivity contribution in [3.8, 4) is 10.8 Å². The zero-order chi connectivity index (χ0) is 16.8. The summed E-state index contributed by atoms with van der Waals surface area (Å²) in [6, 6.07) is 4.34. The molecule has 24 heavy (non-hydrogen) atoms. The zero-order valence-corrected chi connectivity index (χ0v) is 14.7. The molecule has 2 heterocycles. The predicted octanol–water partition coefficient (Wildman–Crippen LogP) is 2.76. The summed E-state index contributed by atoms with van der Waals surface area (Å²) >= 11 is 1.61. The highest BCUT2D eigenvalue weighted by Gasteiger charge is 2.20. The van der Waals surface area contributed by atoms with Crippen LogP contribution in [0.1, 0.15) is 38.3 Å². The summed E-state index contributed by atoms with van der Waals surface area (Å²) in [5, 5.41) is 18.3. The number of thiophene rings is 1. The molecule has 0 aliphatic heterocycles. The minimum Gasteiger partial charge on any atom is -0.443 e. The Labute approximate surface area is 146 Å². The highest BCUT2D eigenvalue weighted by Crippen LogP contribution is 2.23. The molecule has 1 fully saturated rings. The van der Waals surface area contributed by atoms with Gasteiger partial charge in [-0.2, -0.15) is 0 Å². The molecule has 130 valence electrons. The first-order chi connectivity index (χ1) is 11.7. The van der Waals surface area contributed by atoms with Crippen LogP contribution in [0.25, 0.3) is 10.8 Å². The number of oxazole rings is 1. The molecule has 0 amide bonds. The maximum absolute atomic E-state index is 9.61. The van der Waals surface area contributed by atoms with Crippen LogP contribution in [0, 0.1) is 0 Å². The molecule has 3 N–H and O–H groups in total. The number of aliphatic hydroxyl groups is 1. The van der Waals surface area contributed by atoms with Crippen LogP contribution in [0.5, 0.6) is 0 Å². The number of aliphatic imine (C=N–C) groups is 1. The van der Waals surface area contributed by atoms with Crippen molar-refractivity contribution in [3.63, 3.8) is 0 Å². The smallest absolute Gasteiger partial charge is 0.236 e. The van der Waals surface area contributed by atoms with Gasteiger partial charge in [0.1, 0.15) is 12.0 Å². The Kier molecular flexibility index (Phi) is 5.87. The number of aliphatic hydroxyl groups excluding tert-OH is 1. The second-order valence-electron chi connectivity index (χ2n) is 5.97. The molecule has 0 aromatic carbocycles. The molecule has 3 rings (SSSR count). The van der Waals surface area contributed by atoms with E-state index in [4.69, 9.17) is 4.42 Å². The molecule has 0 bridgehead atoms. The highest BCUT2D eigenvalue weighted by molar-refractivity contribution is 7.13. The molecule has 0 atom stereocenters. The maximum Gasteiger partial charge on any atom is 0.236 e. The fraction of sp³-hybridized carbons (Fsp3) is 0.529. The predicted molar refractivity (Wildman–Crippen MR) is 96.0 cm³/mol. The standard InChI is InChI=1S/C17H24N4O2S/c1-2-18-17(21-12-5-7-14(22)8-6-12)19-10-13-11-23-16(20-13)15-4-3-9-24-15/h3-4,9,11-12,14,22H,2,5-8,10H2,1H3,(H2,18,19,21). The van der Waals surface area contributed by atoms with Gasteiger partial charge in [-0.3, -0.25) is 0 Å². The quantitative estimate of drug-likeness (QED) is 0.572. The van der Waals surface area contributed by atoms with E-state index in [1.807, 2.05) is 24.4 Å². The average Bonchev–Trinajstić information content (AvgIpc) is 3.26. The van der Waals surface area contributed by atoms with Gasteiger partial charge in [0, 0.05) is 12.6 Å². The van der Waals surface area contributed by atoms with E-state index in [1.54, 1.807) is 17.6 Å². The summed E-state index contributed by atoms with van der Waals surface area (Å²) in [6.45, 7) is 3.33. The Bertz CT molecular complexity index is 645. The fourth-order valence-electron chi connectivity index (χ4n) is 2.79. The Morgan fingerprint density at radius 2 is 2.25 bits per heavy atom. The number of rotatable bonds is 5. The number of nitrogens with one attached hydrogen (secondary N) is 2.